The maximum absolute atomic E-state index is 4.33. The summed E-state index contributed by atoms with van der Waals surface area (Å²) in [4.78, 5) is 2.26. The lowest BCUT2D eigenvalue weighted by molar-refractivity contribution is 0.302. The lowest BCUT2D eigenvalue weighted by Gasteiger charge is -2.23. The van der Waals surface area contributed by atoms with Crippen LogP contribution in [0.2, 0.25) is 0 Å². The van der Waals surface area contributed by atoms with Crippen molar-refractivity contribution in [3.05, 3.63) is 0 Å². The number of rotatable bonds is 4. The third kappa shape index (κ3) is 3.38. The maximum atomic E-state index is 4.33. The van der Waals surface area contributed by atoms with Crippen LogP contribution in [0.15, 0.2) is 0 Å². The van der Waals surface area contributed by atoms with Crippen LogP contribution in [0.4, 0.5) is 0 Å². The Morgan fingerprint density at radius 3 is 1.89 bits per heavy atom. The van der Waals surface area contributed by atoms with Gasteiger partial charge in [0.2, 0.25) is 0 Å². The zero-order valence-corrected chi connectivity index (χ0v) is 7.83. The molecular formula is C6H15NS2. The normalized spacial score (nSPS) is 14.3. The Morgan fingerprint density at radius 2 is 1.78 bits per heavy atom. The van der Waals surface area contributed by atoms with Crippen molar-refractivity contribution in [1.82, 2.24) is 4.90 Å². The fourth-order valence-electron chi connectivity index (χ4n) is 0.761. The molecule has 0 bridgehead atoms. The van der Waals surface area contributed by atoms with Gasteiger partial charge < -0.3 is 0 Å². The van der Waals surface area contributed by atoms with Crippen molar-refractivity contribution in [2.24, 2.45) is 0 Å². The van der Waals surface area contributed by atoms with Crippen molar-refractivity contribution in [3.8, 4) is 0 Å². The first-order valence-electron chi connectivity index (χ1n) is 3.29. The molecular weight excluding hydrogens is 150 g/mol. The molecule has 0 N–H and O–H groups in total. The summed E-state index contributed by atoms with van der Waals surface area (Å²) in [5, 5.41) is 0.323. The van der Waals surface area contributed by atoms with E-state index in [1.807, 2.05) is 0 Å². The molecule has 0 saturated heterocycles. The average Bonchev–Trinajstić information content (AvgIpc) is 1.90. The maximum Gasteiger partial charge on any atom is 0.0616 e. The van der Waals surface area contributed by atoms with Gasteiger partial charge in [-0.05, 0) is 13.1 Å². The molecule has 0 saturated carbocycles. The molecule has 0 aromatic heterocycles. The molecule has 0 aliphatic rings. The molecule has 0 radical (unpaired) electrons. The molecule has 0 aliphatic heterocycles. The average molecular weight is 165 g/mol. The Kier molecular flexibility index (Phi) is 5.84. The van der Waals surface area contributed by atoms with E-state index in [1.54, 1.807) is 0 Å². The van der Waals surface area contributed by atoms with Gasteiger partial charge in [0.1, 0.15) is 0 Å². The zero-order valence-electron chi connectivity index (χ0n) is 6.04. The first kappa shape index (κ1) is 9.66. The fraction of sp³-hybridized carbons (Fsp3) is 1.00. The Labute approximate surface area is 68.6 Å². The highest BCUT2D eigenvalue weighted by molar-refractivity contribution is 7.84. The van der Waals surface area contributed by atoms with Gasteiger partial charge in [0.25, 0.3) is 0 Å². The lowest BCUT2D eigenvalue weighted by atomic mass is 10.5. The molecule has 0 aliphatic carbocycles. The van der Waals surface area contributed by atoms with Gasteiger partial charge in [0, 0.05) is 5.75 Å². The minimum Gasteiger partial charge on any atom is -0.292 e. The molecule has 0 rings (SSSR count). The van der Waals surface area contributed by atoms with Crippen molar-refractivity contribution in [2.45, 2.75) is 19.2 Å². The molecule has 0 amide bonds. The summed E-state index contributed by atoms with van der Waals surface area (Å²) in [6.45, 7) is 6.39. The van der Waals surface area contributed by atoms with E-state index in [2.05, 4.69) is 44.0 Å². The van der Waals surface area contributed by atoms with Gasteiger partial charge in [-0.15, -0.1) is 0 Å². The van der Waals surface area contributed by atoms with Gasteiger partial charge in [-0.2, -0.15) is 25.3 Å². The van der Waals surface area contributed by atoms with Gasteiger partial charge in [-0.25, -0.2) is 0 Å². The van der Waals surface area contributed by atoms with E-state index in [9.17, 15) is 0 Å². The number of hydrogen-bond acceptors (Lipinski definition) is 3. The van der Waals surface area contributed by atoms with Crippen LogP contribution in [0.1, 0.15) is 13.8 Å². The Hall–Kier alpha value is 0.660. The molecule has 1 atom stereocenters. The molecule has 1 nitrogen and oxygen atoms in total. The van der Waals surface area contributed by atoms with Crippen molar-refractivity contribution in [1.29, 1.82) is 0 Å². The second kappa shape index (κ2) is 5.45. The van der Waals surface area contributed by atoms with Crippen LogP contribution in [0.3, 0.4) is 0 Å². The second-order valence-electron chi connectivity index (χ2n) is 1.88. The predicted molar refractivity (Wildman–Crippen MR) is 49.5 cm³/mol. The zero-order chi connectivity index (χ0) is 7.28. The first-order chi connectivity index (χ1) is 4.26. The molecule has 0 spiro atoms. The molecule has 3 heteroatoms. The van der Waals surface area contributed by atoms with Crippen molar-refractivity contribution in [2.75, 3.05) is 18.8 Å². The minimum atomic E-state index is 0.323. The second-order valence-corrected chi connectivity index (χ2v) is 2.85. The van der Waals surface area contributed by atoms with Gasteiger partial charge in [-0.1, -0.05) is 13.8 Å². The number of thiol groups is 2. The third-order valence-electron chi connectivity index (χ3n) is 1.40. The molecule has 1 unspecified atom stereocenters. The van der Waals surface area contributed by atoms with E-state index in [0.717, 1.165) is 18.8 Å². The number of nitrogens with zero attached hydrogens (tertiary/aromatic N) is 1. The van der Waals surface area contributed by atoms with Crippen LogP contribution in [-0.2, 0) is 0 Å². The van der Waals surface area contributed by atoms with E-state index in [-0.39, 0.29) is 0 Å². The summed E-state index contributed by atoms with van der Waals surface area (Å²) >= 11 is 8.48. The van der Waals surface area contributed by atoms with Crippen LogP contribution in [0, 0.1) is 0 Å². The summed E-state index contributed by atoms with van der Waals surface area (Å²) in [6.07, 6.45) is 0. The topological polar surface area (TPSA) is 3.24 Å². The van der Waals surface area contributed by atoms with Crippen molar-refractivity contribution >= 4 is 25.3 Å². The van der Waals surface area contributed by atoms with E-state index >= 15 is 0 Å². The van der Waals surface area contributed by atoms with Crippen LogP contribution in [0.5, 0.6) is 0 Å². The largest absolute Gasteiger partial charge is 0.292 e. The lowest BCUT2D eigenvalue weighted by Crippen LogP contribution is -2.32. The van der Waals surface area contributed by atoms with Gasteiger partial charge >= 0.3 is 0 Å². The summed E-state index contributed by atoms with van der Waals surface area (Å²) in [6, 6.07) is 0. The van der Waals surface area contributed by atoms with E-state index in [0.29, 0.717) is 5.37 Å². The van der Waals surface area contributed by atoms with Gasteiger partial charge in [0.15, 0.2) is 0 Å². The van der Waals surface area contributed by atoms with E-state index in [1.165, 1.54) is 0 Å². The third-order valence-corrected chi connectivity index (χ3v) is 2.54. The summed E-state index contributed by atoms with van der Waals surface area (Å²) in [5.41, 5.74) is 0. The summed E-state index contributed by atoms with van der Waals surface area (Å²) in [7, 11) is 0. The van der Waals surface area contributed by atoms with Crippen molar-refractivity contribution in [3.63, 3.8) is 0 Å². The first-order valence-corrected chi connectivity index (χ1v) is 4.44. The Bertz CT molecular complexity index is 64.1. The van der Waals surface area contributed by atoms with Crippen LogP contribution in [-0.4, -0.2) is 29.1 Å². The van der Waals surface area contributed by atoms with Gasteiger partial charge in [0.05, 0.1) is 5.37 Å². The monoisotopic (exact) mass is 165 g/mol. The molecule has 9 heavy (non-hydrogen) atoms. The van der Waals surface area contributed by atoms with Crippen LogP contribution in [0.25, 0.3) is 0 Å². The van der Waals surface area contributed by atoms with Crippen LogP contribution < -0.4 is 0 Å². The quantitative estimate of drug-likeness (QED) is 0.472. The fourth-order valence-corrected chi connectivity index (χ4v) is 1.32. The number of hydrogen-bond donors (Lipinski definition) is 2. The minimum absolute atomic E-state index is 0.323. The molecule has 56 valence electrons. The highest BCUT2D eigenvalue weighted by atomic mass is 32.1. The standard InChI is InChI=1S/C6H15NS2/c1-3-7(4-2)6(9)5-8/h6,8-9H,3-5H2,1-2H3. The highest BCUT2D eigenvalue weighted by Crippen LogP contribution is 2.04. The smallest absolute Gasteiger partial charge is 0.0616 e. The van der Waals surface area contributed by atoms with E-state index < -0.39 is 0 Å². The molecule has 0 aromatic rings. The highest BCUT2D eigenvalue weighted by Gasteiger charge is 2.06. The molecule has 0 heterocycles. The van der Waals surface area contributed by atoms with Crippen LogP contribution >= 0.6 is 25.3 Å². The van der Waals surface area contributed by atoms with Crippen molar-refractivity contribution < 1.29 is 0 Å². The van der Waals surface area contributed by atoms with E-state index in [4.69, 9.17) is 0 Å². The molecule has 0 aromatic carbocycles. The Balaban J connectivity index is 3.50. The molecule has 0 fully saturated rings. The Morgan fingerprint density at radius 1 is 1.33 bits per heavy atom. The summed E-state index contributed by atoms with van der Waals surface area (Å²) in [5.74, 6) is 0.824. The summed E-state index contributed by atoms with van der Waals surface area (Å²) < 4.78 is 0. The predicted octanol–water partition coefficient (Wildman–Crippen LogP) is 1.51. The SMILES string of the molecule is CCN(CC)C(S)CS. The van der Waals surface area contributed by atoms with Gasteiger partial charge in [-0.3, -0.25) is 4.90 Å².